The highest BCUT2D eigenvalue weighted by atomic mass is 32.2. The van der Waals surface area contributed by atoms with E-state index < -0.39 is 0 Å². The topological polar surface area (TPSA) is 63.8 Å². The Morgan fingerprint density at radius 1 is 1.16 bits per heavy atom. The van der Waals surface area contributed by atoms with Crippen molar-refractivity contribution in [3.63, 3.8) is 0 Å². The van der Waals surface area contributed by atoms with E-state index in [2.05, 4.69) is 27.5 Å². The Balaban J connectivity index is 1.89. The first kappa shape index (κ1) is 12.4. The van der Waals surface area contributed by atoms with E-state index in [-0.39, 0.29) is 0 Å². The van der Waals surface area contributed by atoms with E-state index in [0.29, 0.717) is 5.95 Å². The molecule has 0 bridgehead atoms. The van der Waals surface area contributed by atoms with Crippen molar-refractivity contribution in [2.75, 3.05) is 5.43 Å². The SMILES string of the molecule is NNc1nc(SCc2ccccc2)c2ccsc2n1. The monoisotopic (exact) mass is 288 g/mol. The van der Waals surface area contributed by atoms with Crippen LogP contribution in [0.3, 0.4) is 0 Å². The van der Waals surface area contributed by atoms with Gasteiger partial charge in [-0.3, -0.25) is 5.43 Å². The molecule has 0 atom stereocenters. The number of nitrogens with two attached hydrogens (primary N) is 1. The predicted octanol–water partition coefficient (Wildman–Crippen LogP) is 3.27. The van der Waals surface area contributed by atoms with E-state index >= 15 is 0 Å². The van der Waals surface area contributed by atoms with Crippen LogP contribution in [0.25, 0.3) is 10.2 Å². The summed E-state index contributed by atoms with van der Waals surface area (Å²) in [7, 11) is 0. The molecule has 0 aliphatic carbocycles. The molecular weight excluding hydrogens is 276 g/mol. The Morgan fingerprint density at radius 3 is 2.79 bits per heavy atom. The van der Waals surface area contributed by atoms with Crippen molar-refractivity contribution in [2.45, 2.75) is 10.8 Å². The van der Waals surface area contributed by atoms with Gasteiger partial charge in [0, 0.05) is 11.1 Å². The van der Waals surface area contributed by atoms with Gasteiger partial charge in [-0.1, -0.05) is 30.3 Å². The fourth-order valence-corrected chi connectivity index (χ4v) is 3.52. The summed E-state index contributed by atoms with van der Waals surface area (Å²) >= 11 is 3.29. The van der Waals surface area contributed by atoms with Crippen molar-refractivity contribution in [1.82, 2.24) is 9.97 Å². The number of hydrazine groups is 1. The molecule has 1 aromatic carbocycles. The van der Waals surface area contributed by atoms with Crippen LogP contribution in [0.5, 0.6) is 0 Å². The van der Waals surface area contributed by atoms with Crippen LogP contribution in [0.1, 0.15) is 5.56 Å². The minimum absolute atomic E-state index is 0.463. The Bertz CT molecular complexity index is 681. The van der Waals surface area contributed by atoms with Gasteiger partial charge >= 0.3 is 0 Å². The second-order valence-electron chi connectivity index (χ2n) is 3.91. The van der Waals surface area contributed by atoms with E-state index in [4.69, 9.17) is 5.84 Å². The molecule has 0 saturated carbocycles. The van der Waals surface area contributed by atoms with Crippen LogP contribution < -0.4 is 11.3 Å². The molecule has 6 heteroatoms. The number of nitrogen functional groups attached to an aromatic ring is 1. The van der Waals surface area contributed by atoms with Gasteiger partial charge in [-0.15, -0.1) is 23.1 Å². The van der Waals surface area contributed by atoms with Gasteiger partial charge in [0.05, 0.1) is 0 Å². The third-order valence-corrected chi connectivity index (χ3v) is 4.51. The molecule has 2 aromatic heterocycles. The molecule has 0 radical (unpaired) electrons. The molecular formula is C13H12N4S2. The fraction of sp³-hybridized carbons (Fsp3) is 0.0769. The van der Waals surface area contributed by atoms with E-state index in [0.717, 1.165) is 21.0 Å². The molecule has 3 N–H and O–H groups in total. The van der Waals surface area contributed by atoms with E-state index in [1.807, 2.05) is 29.6 Å². The first-order chi connectivity index (χ1) is 9.36. The Labute approximate surface area is 119 Å². The number of thiophene rings is 1. The third kappa shape index (κ3) is 2.70. The van der Waals surface area contributed by atoms with Gasteiger partial charge in [0.2, 0.25) is 5.95 Å². The van der Waals surface area contributed by atoms with Crippen molar-refractivity contribution >= 4 is 39.3 Å². The van der Waals surface area contributed by atoms with Crippen LogP contribution in [-0.4, -0.2) is 9.97 Å². The molecule has 4 nitrogen and oxygen atoms in total. The molecule has 3 rings (SSSR count). The molecule has 0 unspecified atom stereocenters. The van der Waals surface area contributed by atoms with Crippen molar-refractivity contribution in [3.8, 4) is 0 Å². The summed E-state index contributed by atoms with van der Waals surface area (Å²) in [4.78, 5) is 9.71. The molecule has 96 valence electrons. The number of rotatable bonds is 4. The highest BCUT2D eigenvalue weighted by molar-refractivity contribution is 7.98. The van der Waals surface area contributed by atoms with Crippen LogP contribution in [0.2, 0.25) is 0 Å². The number of benzene rings is 1. The van der Waals surface area contributed by atoms with E-state index in [1.165, 1.54) is 5.56 Å². The van der Waals surface area contributed by atoms with Crippen molar-refractivity contribution in [3.05, 3.63) is 47.3 Å². The molecule has 0 spiro atoms. The van der Waals surface area contributed by atoms with E-state index in [9.17, 15) is 0 Å². The molecule has 0 amide bonds. The molecule has 19 heavy (non-hydrogen) atoms. The van der Waals surface area contributed by atoms with Gasteiger partial charge < -0.3 is 0 Å². The normalized spacial score (nSPS) is 10.8. The number of anilines is 1. The minimum Gasteiger partial charge on any atom is -0.292 e. The quantitative estimate of drug-likeness (QED) is 0.334. The maximum atomic E-state index is 5.41. The number of aromatic nitrogens is 2. The van der Waals surface area contributed by atoms with Gasteiger partial charge in [-0.05, 0) is 17.0 Å². The summed E-state index contributed by atoms with van der Waals surface area (Å²) in [5, 5.41) is 4.07. The maximum absolute atomic E-state index is 5.41. The maximum Gasteiger partial charge on any atom is 0.239 e. The van der Waals surface area contributed by atoms with Gasteiger partial charge in [-0.2, -0.15) is 0 Å². The largest absolute Gasteiger partial charge is 0.292 e. The van der Waals surface area contributed by atoms with Crippen LogP contribution in [0.4, 0.5) is 5.95 Å². The zero-order chi connectivity index (χ0) is 13.1. The van der Waals surface area contributed by atoms with Crippen LogP contribution in [0, 0.1) is 0 Å². The van der Waals surface area contributed by atoms with Gasteiger partial charge in [0.25, 0.3) is 0 Å². The Morgan fingerprint density at radius 2 is 2.00 bits per heavy atom. The number of hydrogen-bond donors (Lipinski definition) is 2. The highest BCUT2D eigenvalue weighted by Crippen LogP contribution is 2.31. The summed E-state index contributed by atoms with van der Waals surface area (Å²) in [6.07, 6.45) is 0. The van der Waals surface area contributed by atoms with Gasteiger partial charge in [0.1, 0.15) is 9.86 Å². The zero-order valence-corrected chi connectivity index (χ0v) is 11.7. The van der Waals surface area contributed by atoms with Gasteiger partial charge in [0.15, 0.2) is 0 Å². The summed E-state index contributed by atoms with van der Waals surface area (Å²) in [5.74, 6) is 6.75. The molecule has 0 saturated heterocycles. The van der Waals surface area contributed by atoms with Crippen LogP contribution in [0.15, 0.2) is 46.8 Å². The first-order valence-electron chi connectivity index (χ1n) is 5.75. The van der Waals surface area contributed by atoms with Gasteiger partial charge in [-0.25, -0.2) is 15.8 Å². The number of nitrogens with zero attached hydrogens (tertiary/aromatic N) is 2. The fourth-order valence-electron chi connectivity index (χ4n) is 1.73. The summed E-state index contributed by atoms with van der Waals surface area (Å²) < 4.78 is 0. The number of thioether (sulfide) groups is 1. The molecule has 0 aliphatic rings. The lowest BCUT2D eigenvalue weighted by Crippen LogP contribution is -2.10. The number of hydrogen-bond acceptors (Lipinski definition) is 6. The zero-order valence-electron chi connectivity index (χ0n) is 10.0. The Hall–Kier alpha value is -1.63. The lowest BCUT2D eigenvalue weighted by Gasteiger charge is -2.05. The predicted molar refractivity (Wildman–Crippen MR) is 81.2 cm³/mol. The molecule has 2 heterocycles. The summed E-state index contributed by atoms with van der Waals surface area (Å²) in [5.41, 5.74) is 3.79. The first-order valence-corrected chi connectivity index (χ1v) is 7.62. The molecule has 0 fully saturated rings. The van der Waals surface area contributed by atoms with Crippen LogP contribution >= 0.6 is 23.1 Å². The van der Waals surface area contributed by atoms with E-state index in [1.54, 1.807) is 23.1 Å². The average molecular weight is 288 g/mol. The third-order valence-electron chi connectivity index (χ3n) is 2.64. The number of fused-ring (bicyclic) bond motifs is 1. The average Bonchev–Trinajstić information content (AvgIpc) is 2.94. The standard InChI is InChI=1S/C13H12N4S2/c14-17-13-15-11-10(6-7-18-11)12(16-13)19-8-9-4-2-1-3-5-9/h1-7H,8,14H2,(H,15,16,17). The van der Waals surface area contributed by atoms with Crippen molar-refractivity contribution < 1.29 is 0 Å². The number of nitrogens with one attached hydrogen (secondary N) is 1. The second kappa shape index (κ2) is 5.56. The lowest BCUT2D eigenvalue weighted by molar-refractivity contribution is 1.08. The molecule has 0 aliphatic heterocycles. The van der Waals surface area contributed by atoms with Crippen molar-refractivity contribution in [2.24, 2.45) is 5.84 Å². The Kier molecular flexibility index (Phi) is 3.63. The second-order valence-corrected chi connectivity index (χ2v) is 5.77. The molecule has 3 aromatic rings. The minimum atomic E-state index is 0.463. The summed E-state index contributed by atoms with van der Waals surface area (Å²) in [6.45, 7) is 0. The smallest absolute Gasteiger partial charge is 0.239 e. The van der Waals surface area contributed by atoms with Crippen molar-refractivity contribution in [1.29, 1.82) is 0 Å². The lowest BCUT2D eigenvalue weighted by atomic mass is 10.2. The highest BCUT2D eigenvalue weighted by Gasteiger charge is 2.09. The summed E-state index contributed by atoms with van der Waals surface area (Å²) in [6, 6.07) is 12.4. The van der Waals surface area contributed by atoms with Crippen LogP contribution in [-0.2, 0) is 5.75 Å².